The molecule has 1 aromatic rings. The van der Waals surface area contributed by atoms with Crippen LogP contribution in [0.15, 0.2) is 24.3 Å². The molecule has 0 N–H and O–H groups in total. The van der Waals surface area contributed by atoms with Crippen LogP contribution in [-0.2, 0) is 6.42 Å². The Hall–Kier alpha value is -0.300. The highest BCUT2D eigenvalue weighted by atomic mass is 79.9. The Balaban J connectivity index is 2.08. The number of benzene rings is 1. The quantitative estimate of drug-likeness (QED) is 0.343. The van der Waals surface area contributed by atoms with Gasteiger partial charge >= 0.3 is 0 Å². The highest BCUT2D eigenvalue weighted by Crippen LogP contribution is 2.19. The molecule has 0 aliphatic rings. The Morgan fingerprint density at radius 3 is 2.26 bits per heavy atom. The minimum atomic E-state index is 0.643. The fourth-order valence-corrected chi connectivity index (χ4v) is 3.18. The molecule has 0 aromatic heterocycles. The van der Waals surface area contributed by atoms with Crippen molar-refractivity contribution in [2.45, 2.75) is 76.5 Å². The van der Waals surface area contributed by atoms with Crippen LogP contribution in [0.25, 0.3) is 0 Å². The largest absolute Gasteiger partial charge is 0.0887 e. The van der Waals surface area contributed by atoms with Gasteiger partial charge in [-0.1, -0.05) is 92.1 Å². The number of hydrogen-bond acceptors (Lipinski definition) is 0. The molecule has 0 aliphatic carbocycles. The summed E-state index contributed by atoms with van der Waals surface area (Å²) in [6.45, 7) is 4.49. The van der Waals surface area contributed by atoms with Crippen molar-refractivity contribution in [2.75, 3.05) is 0 Å². The Labute approximate surface area is 128 Å². The fourth-order valence-electron chi connectivity index (χ4n) is 2.50. The van der Waals surface area contributed by atoms with E-state index in [0.29, 0.717) is 4.83 Å². The van der Waals surface area contributed by atoms with Gasteiger partial charge in [0, 0.05) is 4.83 Å². The van der Waals surface area contributed by atoms with E-state index in [-0.39, 0.29) is 0 Å². The van der Waals surface area contributed by atoms with Crippen molar-refractivity contribution < 1.29 is 0 Å². The molecule has 0 aliphatic heterocycles. The molecule has 0 radical (unpaired) electrons. The van der Waals surface area contributed by atoms with E-state index in [9.17, 15) is 0 Å². The van der Waals surface area contributed by atoms with Gasteiger partial charge in [0.2, 0.25) is 0 Å². The van der Waals surface area contributed by atoms with E-state index in [2.05, 4.69) is 54.0 Å². The Morgan fingerprint density at radius 2 is 1.58 bits per heavy atom. The highest BCUT2D eigenvalue weighted by molar-refractivity contribution is 9.09. The topological polar surface area (TPSA) is 0 Å². The molecule has 0 saturated heterocycles. The van der Waals surface area contributed by atoms with E-state index in [1.165, 1.54) is 68.9 Å². The Bertz CT molecular complexity index is 332. The third kappa shape index (κ3) is 7.77. The normalized spacial score (nSPS) is 12.6. The second-order valence-electron chi connectivity index (χ2n) is 5.64. The smallest absolute Gasteiger partial charge is 0.0186 e. The molecule has 0 bridgehead atoms. The third-order valence-corrected chi connectivity index (χ3v) is 4.61. The molecule has 1 rings (SSSR count). The van der Waals surface area contributed by atoms with Gasteiger partial charge < -0.3 is 0 Å². The number of alkyl halides is 1. The summed E-state index contributed by atoms with van der Waals surface area (Å²) in [4.78, 5) is 0.643. The van der Waals surface area contributed by atoms with Crippen LogP contribution in [0.2, 0.25) is 0 Å². The molecule has 0 nitrogen and oxygen atoms in total. The van der Waals surface area contributed by atoms with Gasteiger partial charge in [0.05, 0.1) is 0 Å². The summed E-state index contributed by atoms with van der Waals surface area (Å²) >= 11 is 3.84. The fraction of sp³-hybridized carbons (Fsp3) is 0.667. The van der Waals surface area contributed by atoms with Crippen LogP contribution in [0.5, 0.6) is 0 Å². The molecule has 1 atom stereocenters. The zero-order valence-electron chi connectivity index (χ0n) is 12.6. The number of rotatable bonds is 10. The van der Waals surface area contributed by atoms with E-state index in [1.807, 2.05) is 0 Å². The van der Waals surface area contributed by atoms with Gasteiger partial charge in [0.15, 0.2) is 0 Å². The van der Waals surface area contributed by atoms with Gasteiger partial charge in [-0.2, -0.15) is 0 Å². The second-order valence-corrected chi connectivity index (χ2v) is 6.93. The first-order valence-corrected chi connectivity index (χ1v) is 8.84. The van der Waals surface area contributed by atoms with Crippen molar-refractivity contribution in [3.63, 3.8) is 0 Å². The predicted molar refractivity (Wildman–Crippen MR) is 90.2 cm³/mol. The zero-order chi connectivity index (χ0) is 13.9. The highest BCUT2D eigenvalue weighted by Gasteiger charge is 2.06. The summed E-state index contributed by atoms with van der Waals surface area (Å²) in [6.07, 6.45) is 12.3. The number of hydrogen-bond donors (Lipinski definition) is 0. The van der Waals surface area contributed by atoms with Gasteiger partial charge in [0.25, 0.3) is 0 Å². The van der Waals surface area contributed by atoms with E-state index < -0.39 is 0 Å². The summed E-state index contributed by atoms with van der Waals surface area (Å²) in [6, 6.07) is 8.74. The standard InChI is InChI=1S/C18H29Br/c1-3-4-5-6-7-8-9-14-18(19)15-17-13-11-10-12-16(17)2/h10-13,18H,3-9,14-15H2,1-2H3. The summed E-state index contributed by atoms with van der Waals surface area (Å²) in [5, 5.41) is 0. The first-order valence-electron chi connectivity index (χ1n) is 7.92. The van der Waals surface area contributed by atoms with Crippen LogP contribution in [0, 0.1) is 6.92 Å². The third-order valence-electron chi connectivity index (χ3n) is 3.82. The van der Waals surface area contributed by atoms with Crippen LogP contribution < -0.4 is 0 Å². The molecule has 0 fully saturated rings. The Kier molecular flexibility index (Phi) is 9.24. The lowest BCUT2D eigenvalue weighted by atomic mass is 10.0. The number of halogens is 1. The van der Waals surface area contributed by atoms with Crippen molar-refractivity contribution in [1.29, 1.82) is 0 Å². The van der Waals surface area contributed by atoms with Gasteiger partial charge in [-0.05, 0) is 30.9 Å². The van der Waals surface area contributed by atoms with Gasteiger partial charge in [0.1, 0.15) is 0 Å². The SMILES string of the molecule is CCCCCCCCCC(Br)Cc1ccccc1C. The van der Waals surface area contributed by atoms with Crippen molar-refractivity contribution in [1.82, 2.24) is 0 Å². The van der Waals surface area contributed by atoms with E-state index >= 15 is 0 Å². The van der Waals surface area contributed by atoms with Crippen LogP contribution in [-0.4, -0.2) is 4.83 Å². The van der Waals surface area contributed by atoms with Gasteiger partial charge in [-0.25, -0.2) is 0 Å². The average molecular weight is 325 g/mol. The minimum Gasteiger partial charge on any atom is -0.0887 e. The molecule has 19 heavy (non-hydrogen) atoms. The first-order chi connectivity index (χ1) is 9.24. The molecule has 0 amide bonds. The molecular formula is C18H29Br. The van der Waals surface area contributed by atoms with Crippen LogP contribution in [0.4, 0.5) is 0 Å². The maximum absolute atomic E-state index is 3.84. The maximum Gasteiger partial charge on any atom is 0.0186 e. The van der Waals surface area contributed by atoms with E-state index in [1.54, 1.807) is 0 Å². The molecule has 108 valence electrons. The van der Waals surface area contributed by atoms with E-state index in [4.69, 9.17) is 0 Å². The van der Waals surface area contributed by atoms with Crippen molar-refractivity contribution in [3.05, 3.63) is 35.4 Å². The summed E-state index contributed by atoms with van der Waals surface area (Å²) in [5.74, 6) is 0. The number of unbranched alkanes of at least 4 members (excludes halogenated alkanes) is 6. The van der Waals surface area contributed by atoms with E-state index in [0.717, 1.165) is 0 Å². The van der Waals surface area contributed by atoms with Crippen LogP contribution in [0.3, 0.4) is 0 Å². The molecule has 1 heteroatoms. The first kappa shape index (κ1) is 16.8. The molecule has 0 heterocycles. The van der Waals surface area contributed by atoms with Gasteiger partial charge in [-0.3, -0.25) is 0 Å². The van der Waals surface area contributed by atoms with Crippen molar-refractivity contribution >= 4 is 15.9 Å². The summed E-state index contributed by atoms with van der Waals surface area (Å²) in [7, 11) is 0. The summed E-state index contributed by atoms with van der Waals surface area (Å²) < 4.78 is 0. The van der Waals surface area contributed by atoms with Crippen molar-refractivity contribution in [2.24, 2.45) is 0 Å². The lowest BCUT2D eigenvalue weighted by Gasteiger charge is -2.11. The number of aryl methyl sites for hydroxylation is 1. The lowest BCUT2D eigenvalue weighted by molar-refractivity contribution is 0.570. The lowest BCUT2D eigenvalue weighted by Crippen LogP contribution is -2.04. The molecule has 0 spiro atoms. The molecule has 0 saturated carbocycles. The van der Waals surface area contributed by atoms with Crippen molar-refractivity contribution in [3.8, 4) is 0 Å². The Morgan fingerprint density at radius 1 is 0.947 bits per heavy atom. The summed E-state index contributed by atoms with van der Waals surface area (Å²) in [5.41, 5.74) is 2.92. The molecule has 1 aromatic carbocycles. The average Bonchev–Trinajstić information content (AvgIpc) is 2.40. The van der Waals surface area contributed by atoms with Gasteiger partial charge in [-0.15, -0.1) is 0 Å². The molecule has 1 unspecified atom stereocenters. The monoisotopic (exact) mass is 324 g/mol. The molecular weight excluding hydrogens is 296 g/mol. The minimum absolute atomic E-state index is 0.643. The van der Waals surface area contributed by atoms with Crippen LogP contribution in [0.1, 0.15) is 69.4 Å². The van der Waals surface area contributed by atoms with Crippen LogP contribution >= 0.6 is 15.9 Å². The zero-order valence-corrected chi connectivity index (χ0v) is 14.2. The predicted octanol–water partition coefficient (Wildman–Crippen LogP) is 6.44. The maximum atomic E-state index is 3.84. The second kappa shape index (κ2) is 10.5.